The van der Waals surface area contributed by atoms with Crippen LogP contribution in [0.1, 0.15) is 76.5 Å². The van der Waals surface area contributed by atoms with Crippen LogP contribution >= 0.6 is 7.14 Å². The summed E-state index contributed by atoms with van der Waals surface area (Å²) in [6.07, 6.45) is 7.82. The van der Waals surface area contributed by atoms with E-state index in [-0.39, 0.29) is 5.66 Å². The average molecular weight is 512 g/mol. The first-order valence-electron chi connectivity index (χ1n) is 14.1. The summed E-state index contributed by atoms with van der Waals surface area (Å²) < 4.78 is 18.9. The molecule has 3 nitrogen and oxygen atoms in total. The minimum absolute atomic E-state index is 0.247. The zero-order chi connectivity index (χ0) is 26.3. The molecular weight excluding hydrogens is 461 g/mol. The molecule has 0 radical (unpaired) electrons. The number of hydrogen-bond donors (Lipinski definition) is 0. The van der Waals surface area contributed by atoms with Gasteiger partial charge in [0, 0.05) is 24.4 Å². The SMILES string of the molecule is CC[C@H](Cc1cccc(OCC2CCN(c3cc(C)ccc3CCCC(C)(C)C)CC2)c1)P(C)(C)=O. The lowest BCUT2D eigenvalue weighted by atomic mass is 9.88. The maximum Gasteiger partial charge on any atom is 0.119 e. The molecule has 2 aromatic carbocycles. The second-order valence-electron chi connectivity index (χ2n) is 12.6. The monoisotopic (exact) mass is 511 g/mol. The zero-order valence-electron chi connectivity index (χ0n) is 24.0. The lowest BCUT2D eigenvalue weighted by Crippen LogP contribution is -2.36. The second kappa shape index (κ2) is 12.7. The van der Waals surface area contributed by atoms with Crippen LogP contribution in [0, 0.1) is 18.3 Å². The predicted octanol–water partition coefficient (Wildman–Crippen LogP) is 8.60. The Balaban J connectivity index is 1.53. The van der Waals surface area contributed by atoms with Gasteiger partial charge in [0.25, 0.3) is 0 Å². The van der Waals surface area contributed by atoms with Gasteiger partial charge in [-0.2, -0.15) is 0 Å². The Morgan fingerprint density at radius 3 is 2.44 bits per heavy atom. The Kier molecular flexibility index (Phi) is 10.2. The largest absolute Gasteiger partial charge is 0.493 e. The highest BCUT2D eigenvalue weighted by Crippen LogP contribution is 2.45. The van der Waals surface area contributed by atoms with Crippen molar-refractivity contribution in [3.63, 3.8) is 0 Å². The normalized spacial score (nSPS) is 16.2. The molecule has 36 heavy (non-hydrogen) atoms. The molecule has 4 heteroatoms. The van der Waals surface area contributed by atoms with Gasteiger partial charge in [0.05, 0.1) is 13.7 Å². The molecule has 0 unspecified atom stereocenters. The van der Waals surface area contributed by atoms with Crippen molar-refractivity contribution in [2.45, 2.75) is 85.2 Å². The smallest absolute Gasteiger partial charge is 0.119 e. The third-order valence-electron chi connectivity index (χ3n) is 7.78. The van der Waals surface area contributed by atoms with Crippen molar-refractivity contribution < 1.29 is 9.30 Å². The highest BCUT2D eigenvalue weighted by molar-refractivity contribution is 7.63. The van der Waals surface area contributed by atoms with Crippen LogP contribution < -0.4 is 9.64 Å². The van der Waals surface area contributed by atoms with Gasteiger partial charge >= 0.3 is 0 Å². The van der Waals surface area contributed by atoms with E-state index in [1.54, 1.807) is 0 Å². The topological polar surface area (TPSA) is 29.5 Å². The van der Waals surface area contributed by atoms with Crippen LogP contribution in [0.15, 0.2) is 42.5 Å². The van der Waals surface area contributed by atoms with Gasteiger partial charge in [-0.05, 0) is 111 Å². The third kappa shape index (κ3) is 8.98. The van der Waals surface area contributed by atoms with Crippen LogP contribution in [0.25, 0.3) is 0 Å². The van der Waals surface area contributed by atoms with E-state index in [0.717, 1.165) is 44.7 Å². The summed E-state index contributed by atoms with van der Waals surface area (Å²) in [5.74, 6) is 1.54. The summed E-state index contributed by atoms with van der Waals surface area (Å²) in [5, 5.41) is 0. The minimum atomic E-state index is -2.09. The van der Waals surface area contributed by atoms with Crippen molar-refractivity contribution in [3.05, 3.63) is 59.2 Å². The van der Waals surface area contributed by atoms with E-state index < -0.39 is 7.14 Å². The van der Waals surface area contributed by atoms with Crippen LogP contribution in [0.3, 0.4) is 0 Å². The van der Waals surface area contributed by atoms with Crippen LogP contribution in [-0.2, 0) is 17.4 Å². The Labute approximate surface area is 221 Å². The summed E-state index contributed by atoms with van der Waals surface area (Å²) in [6.45, 7) is 18.2. The Morgan fingerprint density at radius 2 is 1.81 bits per heavy atom. The van der Waals surface area contributed by atoms with E-state index in [2.05, 4.69) is 82.0 Å². The van der Waals surface area contributed by atoms with Gasteiger partial charge in [-0.25, -0.2) is 0 Å². The molecule has 1 aliphatic rings. The summed E-state index contributed by atoms with van der Waals surface area (Å²) in [6, 6.07) is 15.5. The summed E-state index contributed by atoms with van der Waals surface area (Å²) in [4.78, 5) is 2.61. The molecule has 3 rings (SSSR count). The fourth-order valence-corrected chi connectivity index (χ4v) is 6.91. The highest BCUT2D eigenvalue weighted by Gasteiger charge is 2.23. The zero-order valence-corrected chi connectivity index (χ0v) is 24.9. The molecule has 0 saturated carbocycles. The molecular formula is C32H50NO2P. The van der Waals surface area contributed by atoms with E-state index >= 15 is 0 Å². The first-order chi connectivity index (χ1) is 16.9. The molecule has 1 saturated heterocycles. The van der Waals surface area contributed by atoms with Crippen molar-refractivity contribution in [1.82, 2.24) is 0 Å². The molecule has 0 aliphatic carbocycles. The van der Waals surface area contributed by atoms with Gasteiger partial charge in [-0.1, -0.05) is 52.0 Å². The molecule has 0 N–H and O–H groups in total. The summed E-state index contributed by atoms with van der Waals surface area (Å²) >= 11 is 0. The number of anilines is 1. The first kappa shape index (κ1) is 28.8. The summed E-state index contributed by atoms with van der Waals surface area (Å²) in [5.41, 5.74) is 6.18. The van der Waals surface area contributed by atoms with E-state index in [1.807, 2.05) is 13.3 Å². The van der Waals surface area contributed by atoms with Gasteiger partial charge in [0.1, 0.15) is 5.75 Å². The fraction of sp³-hybridized carbons (Fsp3) is 0.625. The molecule has 1 aliphatic heterocycles. The van der Waals surface area contributed by atoms with Gasteiger partial charge in [-0.3, -0.25) is 0 Å². The van der Waals surface area contributed by atoms with Crippen molar-refractivity contribution in [2.75, 3.05) is 37.9 Å². The van der Waals surface area contributed by atoms with Crippen LogP contribution in [0.2, 0.25) is 0 Å². The molecule has 0 spiro atoms. The number of hydrogen-bond acceptors (Lipinski definition) is 3. The lowest BCUT2D eigenvalue weighted by Gasteiger charge is -2.35. The summed E-state index contributed by atoms with van der Waals surface area (Å²) in [7, 11) is -2.09. The van der Waals surface area contributed by atoms with E-state index in [1.165, 1.54) is 48.1 Å². The number of aryl methyl sites for hydroxylation is 2. The Bertz CT molecular complexity index is 1010. The second-order valence-corrected chi connectivity index (χ2v) is 16.2. The minimum Gasteiger partial charge on any atom is -0.493 e. The van der Waals surface area contributed by atoms with Gasteiger partial charge in [-0.15, -0.1) is 0 Å². The first-order valence-corrected chi connectivity index (χ1v) is 16.7. The van der Waals surface area contributed by atoms with Crippen molar-refractivity contribution in [3.8, 4) is 5.75 Å². The van der Waals surface area contributed by atoms with Crippen LogP contribution in [-0.4, -0.2) is 38.7 Å². The lowest BCUT2D eigenvalue weighted by molar-refractivity contribution is 0.222. The van der Waals surface area contributed by atoms with Gasteiger partial charge in [0.15, 0.2) is 0 Å². The Hall–Kier alpha value is -1.73. The molecule has 1 fully saturated rings. The van der Waals surface area contributed by atoms with E-state index in [0.29, 0.717) is 11.3 Å². The van der Waals surface area contributed by atoms with Crippen molar-refractivity contribution in [1.29, 1.82) is 0 Å². The number of ether oxygens (including phenoxy) is 1. The maximum absolute atomic E-state index is 12.6. The molecule has 1 atom stereocenters. The quantitative estimate of drug-likeness (QED) is 0.283. The van der Waals surface area contributed by atoms with E-state index in [4.69, 9.17) is 4.74 Å². The molecule has 1 heterocycles. The molecule has 2 aromatic rings. The molecule has 200 valence electrons. The fourth-order valence-electron chi connectivity index (χ4n) is 5.38. The van der Waals surface area contributed by atoms with Crippen molar-refractivity contribution >= 4 is 12.8 Å². The third-order valence-corrected chi connectivity index (χ3v) is 10.1. The van der Waals surface area contributed by atoms with Crippen molar-refractivity contribution in [2.24, 2.45) is 11.3 Å². The molecule has 0 amide bonds. The van der Waals surface area contributed by atoms with E-state index in [9.17, 15) is 4.57 Å². The number of rotatable bonds is 11. The number of nitrogens with zero attached hydrogens (tertiary/aromatic N) is 1. The Morgan fingerprint density at radius 1 is 1.08 bits per heavy atom. The average Bonchev–Trinajstić information content (AvgIpc) is 2.81. The number of piperidine rings is 1. The van der Waals surface area contributed by atoms with Gasteiger partial charge < -0.3 is 14.2 Å². The van der Waals surface area contributed by atoms with Gasteiger partial charge in [0.2, 0.25) is 0 Å². The molecule has 0 aromatic heterocycles. The predicted molar refractivity (Wildman–Crippen MR) is 158 cm³/mol. The molecule has 0 bridgehead atoms. The highest BCUT2D eigenvalue weighted by atomic mass is 31.2. The van der Waals surface area contributed by atoms with Crippen LogP contribution in [0.4, 0.5) is 5.69 Å². The maximum atomic E-state index is 12.6. The standard InChI is InChI=1S/C32H50NO2P/c1-8-30(36(6,7)34)23-27-11-9-13-29(22-27)35-24-26-16-19-33(20-17-26)31-21-25(2)14-15-28(31)12-10-18-32(3,4)5/h9,11,13-15,21-22,26,30H,8,10,12,16-20,23-24H2,1-7H3/t30-/m1/s1. The van der Waals surface area contributed by atoms with Crippen LogP contribution in [0.5, 0.6) is 5.75 Å². The number of benzene rings is 2.